The number of nitrogens with one attached hydrogen (secondary N) is 1. The maximum absolute atomic E-state index is 14.1. The van der Waals surface area contributed by atoms with E-state index in [0.29, 0.717) is 6.07 Å². The van der Waals surface area contributed by atoms with Gasteiger partial charge in [-0.05, 0) is 40.2 Å². The molecule has 50 heavy (non-hydrogen) atoms. The second kappa shape index (κ2) is 19.1. The summed E-state index contributed by atoms with van der Waals surface area (Å²) in [6, 6.07) is 2.21. The molecule has 0 radical (unpaired) electrons. The fourth-order valence-corrected chi connectivity index (χ4v) is 5.64. The minimum absolute atomic E-state index is 0.00528. The summed E-state index contributed by atoms with van der Waals surface area (Å²) in [5, 5.41) is 13.3. The number of hydrogen-bond acceptors (Lipinski definition) is 13. The summed E-state index contributed by atoms with van der Waals surface area (Å²) in [6.45, 7) is 5.13. The van der Waals surface area contributed by atoms with Crippen molar-refractivity contribution in [3.05, 3.63) is 63.1 Å². The first-order chi connectivity index (χ1) is 23.7. The van der Waals surface area contributed by atoms with Crippen LogP contribution in [0.1, 0.15) is 66.6 Å². The van der Waals surface area contributed by atoms with Gasteiger partial charge in [0.15, 0.2) is 19.8 Å². The third-order valence-corrected chi connectivity index (χ3v) is 8.19. The van der Waals surface area contributed by atoms with Gasteiger partial charge in [0.2, 0.25) is 19.0 Å². The predicted octanol–water partition coefficient (Wildman–Crippen LogP) is 4.18. The molecule has 0 fully saturated rings. The van der Waals surface area contributed by atoms with Gasteiger partial charge in [-0.2, -0.15) is 0 Å². The van der Waals surface area contributed by atoms with Gasteiger partial charge in [0.1, 0.15) is 17.2 Å². The molecule has 2 aromatic rings. The van der Waals surface area contributed by atoms with Crippen molar-refractivity contribution in [2.24, 2.45) is 0 Å². The van der Waals surface area contributed by atoms with Crippen molar-refractivity contribution in [2.75, 3.05) is 46.6 Å². The van der Waals surface area contributed by atoms with Gasteiger partial charge in [0, 0.05) is 57.3 Å². The maximum atomic E-state index is 14.1. The van der Waals surface area contributed by atoms with Crippen molar-refractivity contribution < 1.29 is 65.8 Å². The van der Waals surface area contributed by atoms with Gasteiger partial charge in [0.05, 0.1) is 18.2 Å². The molecule has 1 aliphatic heterocycles. The number of ether oxygens (including phenoxy) is 5. The monoisotopic (exact) mass is 731 g/mol. The van der Waals surface area contributed by atoms with E-state index in [1.165, 1.54) is 16.6 Å². The molecule has 1 aromatic heterocycles. The molecule has 276 valence electrons. The number of hydrogen-bond donors (Lipinski definition) is 2. The molecular weight excluding hydrogens is 691 g/mol. The molecule has 0 saturated carbocycles. The quantitative estimate of drug-likeness (QED) is 0.134. The number of carbonyl (C=O) groups is 4. The van der Waals surface area contributed by atoms with Crippen LogP contribution in [0.3, 0.4) is 0 Å². The van der Waals surface area contributed by atoms with Gasteiger partial charge in [-0.15, -0.1) is 0 Å². The first kappa shape index (κ1) is 40.1. The largest absolute Gasteiger partial charge is 0.510 e. The van der Waals surface area contributed by atoms with Crippen molar-refractivity contribution in [1.82, 2.24) is 14.8 Å². The molecule has 0 unspecified atom stereocenters. The highest BCUT2D eigenvalue weighted by Crippen LogP contribution is 2.39. The van der Waals surface area contributed by atoms with Gasteiger partial charge >= 0.3 is 12.3 Å². The van der Waals surface area contributed by atoms with Crippen LogP contribution in [0.15, 0.2) is 29.2 Å². The minimum atomic E-state index is -1.97. The van der Waals surface area contributed by atoms with E-state index in [4.69, 9.17) is 32.7 Å². The van der Waals surface area contributed by atoms with Crippen LogP contribution in [0.4, 0.5) is 18.4 Å². The van der Waals surface area contributed by atoms with Gasteiger partial charge in [0.25, 0.3) is 11.8 Å². The SMILES string of the molecule is COCC[C@H]1CN(CCP(OCOC(=O)OC(C)C)OCOC(=O)OC(C)C)C(=O)c2c(O)c(=O)c(C(=O)NCc3ccc(F)cc3F)cn21. The Bertz CT molecular complexity index is 1540. The zero-order valence-electron chi connectivity index (χ0n) is 28.1. The summed E-state index contributed by atoms with van der Waals surface area (Å²) in [7, 11) is -0.509. The third kappa shape index (κ3) is 11.6. The topological polar surface area (TPSA) is 190 Å². The first-order valence-electron chi connectivity index (χ1n) is 15.4. The van der Waals surface area contributed by atoms with Crippen LogP contribution >= 0.6 is 8.38 Å². The van der Waals surface area contributed by atoms with Crippen LogP contribution in [-0.4, -0.2) is 97.5 Å². The Balaban J connectivity index is 1.79. The van der Waals surface area contributed by atoms with Gasteiger partial charge in [-0.25, -0.2) is 18.4 Å². The van der Waals surface area contributed by atoms with Crippen molar-refractivity contribution >= 4 is 32.5 Å². The Morgan fingerprint density at radius 1 is 1.02 bits per heavy atom. The van der Waals surface area contributed by atoms with Crippen LogP contribution in [0, 0.1) is 11.6 Å². The van der Waals surface area contributed by atoms with Crippen LogP contribution in [0.2, 0.25) is 0 Å². The van der Waals surface area contributed by atoms with E-state index < -0.39 is 92.7 Å². The predicted molar refractivity (Wildman–Crippen MR) is 170 cm³/mol. The number of pyridine rings is 1. The number of methoxy groups -OCH3 is 1. The fraction of sp³-hybridized carbons (Fsp3) is 0.516. The number of halogens is 2. The van der Waals surface area contributed by atoms with Gasteiger partial charge in [-0.3, -0.25) is 23.4 Å². The van der Waals surface area contributed by atoms with Crippen LogP contribution in [0.25, 0.3) is 0 Å². The number of nitrogens with zero attached hydrogens (tertiary/aromatic N) is 2. The van der Waals surface area contributed by atoms with Crippen LogP contribution in [-0.2, 0) is 39.3 Å². The molecular formula is C31H40F2N3O13P. The summed E-state index contributed by atoms with van der Waals surface area (Å²) in [5.41, 5.74) is -2.06. The molecule has 19 heteroatoms. The molecule has 2 N–H and O–H groups in total. The molecule has 0 aliphatic carbocycles. The number of aromatic nitrogens is 1. The number of rotatable bonds is 17. The van der Waals surface area contributed by atoms with Crippen molar-refractivity contribution in [1.29, 1.82) is 0 Å². The minimum Gasteiger partial charge on any atom is -0.503 e. The van der Waals surface area contributed by atoms with E-state index in [1.807, 2.05) is 0 Å². The van der Waals surface area contributed by atoms with Crippen molar-refractivity contribution in [3.8, 4) is 5.75 Å². The highest BCUT2D eigenvalue weighted by Gasteiger charge is 2.36. The Kier molecular flexibility index (Phi) is 15.3. The van der Waals surface area contributed by atoms with Crippen LogP contribution < -0.4 is 10.7 Å². The maximum Gasteiger partial charge on any atom is 0.510 e. The van der Waals surface area contributed by atoms with Crippen molar-refractivity contribution in [3.63, 3.8) is 0 Å². The lowest BCUT2D eigenvalue weighted by atomic mass is 10.1. The van der Waals surface area contributed by atoms with Crippen molar-refractivity contribution in [2.45, 2.75) is 58.9 Å². The Labute approximate surface area is 287 Å². The summed E-state index contributed by atoms with van der Waals surface area (Å²) in [6.07, 6.45) is -1.45. The van der Waals surface area contributed by atoms with Gasteiger partial charge in [-0.1, -0.05) is 6.07 Å². The second-order valence-corrected chi connectivity index (χ2v) is 12.9. The first-order valence-corrected chi connectivity index (χ1v) is 16.8. The number of amides is 2. The van der Waals surface area contributed by atoms with E-state index >= 15 is 0 Å². The Morgan fingerprint density at radius 2 is 1.64 bits per heavy atom. The number of carbonyl (C=O) groups excluding carboxylic acids is 4. The molecule has 1 atom stereocenters. The number of aromatic hydroxyl groups is 1. The standard InChI is InChI=1S/C31H40F2N3O13P/c1-18(2)48-30(41)44-16-46-50(47-17-45-31(42)49-19(3)4)11-9-35-14-22(8-10-43-5)36-15-23(26(37)27(38)25(36)29(35)40)28(39)34-13-20-6-7-21(32)12-24(20)33/h6-7,12,15,18-19,22,38H,8-11,13-14,16-17H2,1-5H3,(H,34,39)/t22-/m0/s1. The molecule has 1 aliphatic rings. The van der Waals surface area contributed by atoms with E-state index in [9.17, 15) is 37.9 Å². The molecule has 2 heterocycles. The Morgan fingerprint density at radius 3 is 2.20 bits per heavy atom. The smallest absolute Gasteiger partial charge is 0.503 e. The van der Waals surface area contributed by atoms with Crippen LogP contribution in [0.5, 0.6) is 5.75 Å². The normalized spacial score (nSPS) is 14.2. The molecule has 3 rings (SSSR count). The average molecular weight is 732 g/mol. The summed E-state index contributed by atoms with van der Waals surface area (Å²) < 4.78 is 64.5. The Hall–Kier alpha value is -4.38. The lowest BCUT2D eigenvalue weighted by molar-refractivity contribution is -0.0237. The molecule has 1 aromatic carbocycles. The van der Waals surface area contributed by atoms with E-state index in [2.05, 4.69) is 5.32 Å². The summed E-state index contributed by atoms with van der Waals surface area (Å²) in [4.78, 5) is 64.7. The van der Waals surface area contributed by atoms with E-state index in [0.717, 1.165) is 18.3 Å². The molecule has 2 amide bonds. The molecule has 0 bridgehead atoms. The van der Waals surface area contributed by atoms with Gasteiger partial charge < -0.3 is 43.6 Å². The van der Waals surface area contributed by atoms with E-state index in [1.54, 1.807) is 27.7 Å². The van der Waals surface area contributed by atoms with E-state index in [-0.39, 0.29) is 50.1 Å². The highest BCUT2D eigenvalue weighted by atomic mass is 31.2. The lowest BCUT2D eigenvalue weighted by Crippen LogP contribution is -2.46. The average Bonchev–Trinajstić information content (AvgIpc) is 3.03. The summed E-state index contributed by atoms with van der Waals surface area (Å²) >= 11 is 0. The zero-order chi connectivity index (χ0) is 37.0. The highest BCUT2D eigenvalue weighted by molar-refractivity contribution is 7.47. The molecule has 16 nitrogen and oxygen atoms in total. The summed E-state index contributed by atoms with van der Waals surface area (Å²) in [5.74, 6) is -4.39. The lowest BCUT2D eigenvalue weighted by Gasteiger charge is -2.37. The molecule has 0 spiro atoms. The third-order valence-electron chi connectivity index (χ3n) is 6.84. The number of benzene rings is 1. The number of fused-ring (bicyclic) bond motifs is 1. The fourth-order valence-electron chi connectivity index (χ4n) is 4.56. The molecule has 0 saturated heterocycles. The second-order valence-electron chi connectivity index (χ2n) is 11.3. The zero-order valence-corrected chi connectivity index (χ0v) is 29.0.